The average molecular weight is 1380 g/mol. The summed E-state index contributed by atoms with van der Waals surface area (Å²) in [6.07, 6.45) is 0. The quantitative estimate of drug-likeness (QED) is 0.107. The van der Waals surface area contributed by atoms with Crippen molar-refractivity contribution in [3.63, 3.8) is 0 Å². The van der Waals surface area contributed by atoms with Crippen LogP contribution in [-0.2, 0) is 0 Å². The van der Waals surface area contributed by atoms with Gasteiger partial charge >= 0.3 is 0 Å². The van der Waals surface area contributed by atoms with Crippen LogP contribution in [0, 0.1) is 0 Å². The zero-order chi connectivity index (χ0) is 80.0. The van der Waals surface area contributed by atoms with Crippen molar-refractivity contribution in [2.45, 2.75) is 415 Å². The molecule has 90 heavy (non-hydrogen) atoms. The van der Waals surface area contributed by atoms with E-state index in [0.717, 1.165) is 0 Å². The Bertz CT molecular complexity index is 68.8. The van der Waals surface area contributed by atoms with Gasteiger partial charge in [-0.05, 0) is 70.5 Å². The van der Waals surface area contributed by atoms with E-state index in [9.17, 15) is 0 Å². The molecule has 0 amide bonds. The molecule has 0 rings (SSSR count). The van der Waals surface area contributed by atoms with Gasteiger partial charge in [-0.3, -0.25) is 0 Å². The van der Waals surface area contributed by atoms with E-state index in [-0.39, 0.29) is 61.5 Å². The highest BCUT2D eigenvalue weighted by Gasteiger charge is 0.999. The van der Waals surface area contributed by atoms with Gasteiger partial charge in [0, 0.05) is 0 Å². The minimum absolute atomic E-state index is 0. The molecule has 0 spiro atoms. The maximum absolute atomic E-state index is 4.50. The highest BCUT2D eigenvalue weighted by atomic mass is 14.4. The van der Waals surface area contributed by atoms with Crippen LogP contribution in [0.1, 0.15) is 415 Å². The Kier molecular flexibility index (Phi) is 5260000. The number of hydrogen-bond donors (Lipinski definition) is 20. The van der Waals surface area contributed by atoms with Crippen molar-refractivity contribution >= 4 is 0 Å². The van der Waals surface area contributed by atoms with Crippen molar-refractivity contribution in [3.8, 4) is 0 Å². The third-order valence-corrected chi connectivity index (χ3v) is 0. The Morgan fingerprint density at radius 3 is 0.0556 bits per heavy atom. The molecule has 0 bridgehead atoms. The molecule has 20 heteroatoms. The third kappa shape index (κ3) is 1010000. The van der Waals surface area contributed by atoms with E-state index in [4.69, 9.17) is 0 Å². The van der Waals surface area contributed by atoms with E-state index in [1.165, 1.54) is 70.5 Å². The van der Waals surface area contributed by atoms with Crippen molar-refractivity contribution < 1.29 is 0 Å². The fourth-order valence-corrected chi connectivity index (χ4v) is 0. The summed E-state index contributed by atoms with van der Waals surface area (Å²) >= 11 is 0. The largest absolute Gasteiger partial charge is 0.344 e. The van der Waals surface area contributed by atoms with Crippen molar-refractivity contribution in [2.75, 3.05) is 70.5 Å². The molecular formula is C70H260N20. The minimum atomic E-state index is 0. The fourth-order valence-electron chi connectivity index (χ4n) is 0. The lowest BCUT2D eigenvalue weighted by atomic mass is 11.0. The zero-order valence-electron chi connectivity index (χ0n) is 82.8. The molecule has 0 atom stereocenters. The molecule has 20 nitrogen and oxygen atoms in total. The fraction of sp³-hybridized carbons (Fsp3) is 1.00. The van der Waals surface area contributed by atoms with Crippen molar-refractivity contribution in [2.24, 2.45) is 57.3 Å². The van der Waals surface area contributed by atoms with Crippen LogP contribution >= 0.6 is 0 Å². The van der Waals surface area contributed by atoms with E-state index in [2.05, 4.69) is 57.3 Å². The normalized spacial score (nSPS) is 2.67. The van der Waals surface area contributed by atoms with Crippen molar-refractivity contribution in [3.05, 3.63) is 0 Å². The van der Waals surface area contributed by atoms with Gasteiger partial charge in [0.25, 0.3) is 0 Å². The van der Waals surface area contributed by atoms with Gasteiger partial charge in [-0.2, -0.15) is 0 Å². The predicted molar refractivity (Wildman–Crippen MR) is 492 cm³/mol. The summed E-state index contributed by atoms with van der Waals surface area (Å²) in [5.41, 5.74) is 45.0. The molecule has 0 aromatic carbocycles. The topological polar surface area (TPSA) is 610 Å². The maximum atomic E-state index is 4.50. The molecule has 0 saturated heterocycles. The molecule has 0 aliphatic heterocycles. The first kappa shape index (κ1) is 452. The van der Waals surface area contributed by atoms with Crippen LogP contribution in [0.3, 0.4) is 0 Å². The van der Waals surface area contributed by atoms with Crippen LogP contribution in [0.25, 0.3) is 0 Å². The summed E-state index contributed by atoms with van der Waals surface area (Å²) in [7, 11) is 15.0. The van der Waals surface area contributed by atoms with Gasteiger partial charge in [0.05, 0.1) is 0 Å². The highest BCUT2D eigenvalue weighted by Crippen LogP contribution is 1.20. The number of rotatable bonds is 0. The van der Waals surface area contributed by atoms with Gasteiger partial charge in [0.15, 0.2) is 0 Å². The maximum Gasteiger partial charge on any atom is -0.0195 e. The van der Waals surface area contributed by atoms with E-state index in [0.29, 0.717) is 0 Å². The van der Waals surface area contributed by atoms with Gasteiger partial charge in [-0.1, -0.05) is 415 Å². The van der Waals surface area contributed by atoms with E-state index < -0.39 is 0 Å². The second-order valence-electron chi connectivity index (χ2n) is 0. The second-order valence-corrected chi connectivity index (χ2v) is 0. The molecule has 0 aliphatic carbocycles. The lowest BCUT2D eigenvalue weighted by Crippen LogP contribution is -1.69. The smallest absolute Gasteiger partial charge is 0.0195 e. The summed E-state index contributed by atoms with van der Waals surface area (Å²) in [5.74, 6) is 0. The van der Waals surface area contributed by atoms with Crippen LogP contribution in [0.4, 0.5) is 0 Å². The van der Waals surface area contributed by atoms with Crippen LogP contribution in [-0.4, -0.2) is 70.5 Å². The Morgan fingerprint density at radius 2 is 0.0556 bits per heavy atom. The molecule has 0 radical (unpaired) electrons. The zero-order valence-corrected chi connectivity index (χ0v) is 82.8. The lowest BCUT2D eigenvalue weighted by molar-refractivity contribution is 1.48. The molecule has 0 aromatic heterocycles. The third-order valence-electron chi connectivity index (χ3n) is 0. The summed E-state index contributed by atoms with van der Waals surface area (Å²) < 4.78 is 0. The van der Waals surface area contributed by atoms with Crippen molar-refractivity contribution in [1.29, 1.82) is 0 Å². The summed E-state index contributed by atoms with van der Waals surface area (Å²) in [6.45, 7) is 120. The summed E-state index contributed by atoms with van der Waals surface area (Å²) in [5, 5.41) is 0. The van der Waals surface area contributed by atoms with Crippen LogP contribution in [0.15, 0.2) is 0 Å². The van der Waals surface area contributed by atoms with Crippen molar-refractivity contribution in [1.82, 2.24) is 61.5 Å². The molecule has 0 heterocycles. The highest BCUT2D eigenvalue weighted by molar-refractivity contribution is 3.59. The van der Waals surface area contributed by atoms with E-state index >= 15 is 0 Å². The molecule has 50 N–H and O–H groups in total. The first-order chi connectivity index (χ1) is 40.0. The van der Waals surface area contributed by atoms with Gasteiger partial charge in [-0.15, -0.1) is 0 Å². The first-order valence-corrected chi connectivity index (χ1v) is 35.8. The number of nitrogens with two attached hydrogens (primary N) is 10. The SMILES string of the molecule is CC.CC.CC.CC.CC.CC.CC.CC.CC.CC.CC.CC.CC.CC.CC.CC.CC.CC.CC.CC.CC.CC.CC.CC.CC.CC.CC.CC.CC.CC.CN.CN.CN.CN.CN.CN.CN.CN.CN.CN.N.N.N.N.N.N.N.N.N.N. The molecular weight excluding hydrogens is 1120 g/mol. The average Bonchev–Trinajstić information content (AvgIpc) is 3.71. The number of hydrogen-bond acceptors (Lipinski definition) is 20. The van der Waals surface area contributed by atoms with E-state index in [1.807, 2.05) is 415 Å². The molecule has 0 unspecified atom stereocenters. The molecule has 0 fully saturated rings. The van der Waals surface area contributed by atoms with Crippen LogP contribution in [0.2, 0.25) is 0 Å². The predicted octanol–water partition coefficient (Wildman–Crippen LogP) is 28.2. The Balaban J connectivity index is -0.00000000379. The first-order valence-electron chi connectivity index (χ1n) is 35.8. The van der Waals surface area contributed by atoms with Crippen LogP contribution in [0.5, 0.6) is 0 Å². The van der Waals surface area contributed by atoms with Gasteiger partial charge < -0.3 is 119 Å². The summed E-state index contributed by atoms with van der Waals surface area (Å²) in [4.78, 5) is 0. The second kappa shape index (κ2) is 1050000. The minimum Gasteiger partial charge on any atom is -0.344 e. The van der Waals surface area contributed by atoms with Gasteiger partial charge in [-0.25, -0.2) is 0 Å². The standard InChI is InChI=1S/30C2H6.10CH5N.10H3N/c40*1-2;;;;;;;;;;/h30*1-2H3;10*2H2,1H3;10*1H3. The monoisotopic (exact) mass is 1380 g/mol. The van der Waals surface area contributed by atoms with Gasteiger partial charge in [0.2, 0.25) is 0 Å². The Morgan fingerprint density at radius 1 is 0.0556 bits per heavy atom. The van der Waals surface area contributed by atoms with Gasteiger partial charge in [0.1, 0.15) is 0 Å². The molecule has 640 valence electrons. The summed E-state index contributed by atoms with van der Waals surface area (Å²) in [6, 6.07) is 0. The molecule has 0 aliphatic rings. The van der Waals surface area contributed by atoms with Crippen LogP contribution < -0.4 is 119 Å². The molecule has 0 saturated carbocycles. The van der Waals surface area contributed by atoms with E-state index in [1.54, 1.807) is 0 Å². The lowest BCUT2D eigenvalue weighted by Gasteiger charge is -1.19. The Labute approximate surface area is 602 Å². The Hall–Kier alpha value is -0.800. The molecule has 0 aromatic rings.